The first-order valence-corrected chi connectivity index (χ1v) is 6.74. The van der Waals surface area contributed by atoms with E-state index in [-0.39, 0.29) is 24.0 Å². The number of aromatic carboxylic acids is 1. The predicted molar refractivity (Wildman–Crippen MR) is 73.7 cm³/mol. The highest BCUT2D eigenvalue weighted by atomic mass is 16.5. The molecule has 1 atom stereocenters. The molecule has 1 aromatic carbocycles. The first-order valence-electron chi connectivity index (χ1n) is 6.74. The van der Waals surface area contributed by atoms with Gasteiger partial charge in [0.2, 0.25) is 5.91 Å². The van der Waals surface area contributed by atoms with Gasteiger partial charge in [0, 0.05) is 20.2 Å². The minimum Gasteiger partial charge on any atom is -0.478 e. The second kappa shape index (κ2) is 6.52. The Morgan fingerprint density at radius 2 is 2.25 bits per heavy atom. The summed E-state index contributed by atoms with van der Waals surface area (Å²) in [5, 5.41) is 8.93. The van der Waals surface area contributed by atoms with Crippen LogP contribution < -0.4 is 0 Å². The van der Waals surface area contributed by atoms with E-state index in [1.54, 1.807) is 30.1 Å². The van der Waals surface area contributed by atoms with Gasteiger partial charge in [-0.15, -0.1) is 0 Å². The fourth-order valence-electron chi connectivity index (χ4n) is 2.32. The van der Waals surface area contributed by atoms with Gasteiger partial charge in [0.05, 0.1) is 18.1 Å². The van der Waals surface area contributed by atoms with E-state index < -0.39 is 5.97 Å². The van der Waals surface area contributed by atoms with Gasteiger partial charge < -0.3 is 14.7 Å². The van der Waals surface area contributed by atoms with Crippen LogP contribution in [0.25, 0.3) is 0 Å². The summed E-state index contributed by atoms with van der Waals surface area (Å²) in [5.74, 6) is -1.00. The minimum absolute atomic E-state index is 0.0250. The summed E-state index contributed by atoms with van der Waals surface area (Å²) < 4.78 is 5.50. The number of rotatable bonds is 5. The predicted octanol–water partition coefficient (Wildman–Crippen LogP) is 1.56. The Balaban J connectivity index is 1.92. The summed E-state index contributed by atoms with van der Waals surface area (Å²) in [5.41, 5.74) is 0.922. The molecule has 108 valence electrons. The van der Waals surface area contributed by atoms with E-state index >= 15 is 0 Å². The van der Waals surface area contributed by atoms with Crippen LogP contribution in [0.3, 0.4) is 0 Å². The molecule has 0 spiro atoms. The molecule has 1 amide bonds. The van der Waals surface area contributed by atoms with Crippen molar-refractivity contribution in [3.05, 3.63) is 35.4 Å². The van der Waals surface area contributed by atoms with Crippen LogP contribution >= 0.6 is 0 Å². The van der Waals surface area contributed by atoms with Crippen LogP contribution in [0, 0.1) is 0 Å². The number of carbonyl (C=O) groups excluding carboxylic acids is 1. The standard InChI is InChI=1S/C15H19NO4/c1-16(10-13-6-3-7-20-13)14(17)9-11-4-2-5-12(8-11)15(18)19/h2,4-5,8,13H,3,6-7,9-10H2,1H3,(H,18,19). The molecule has 0 aliphatic carbocycles. The van der Waals surface area contributed by atoms with Crippen LogP contribution in [-0.2, 0) is 16.0 Å². The molecule has 1 saturated heterocycles. The zero-order valence-corrected chi connectivity index (χ0v) is 11.5. The molecule has 1 N–H and O–H groups in total. The fraction of sp³-hybridized carbons (Fsp3) is 0.467. The number of hydrogen-bond donors (Lipinski definition) is 1. The Kier molecular flexibility index (Phi) is 4.74. The van der Waals surface area contributed by atoms with E-state index in [0.717, 1.165) is 19.4 Å². The van der Waals surface area contributed by atoms with Crippen molar-refractivity contribution in [3.63, 3.8) is 0 Å². The van der Waals surface area contributed by atoms with Crippen LogP contribution in [0.5, 0.6) is 0 Å². The van der Waals surface area contributed by atoms with E-state index in [1.165, 1.54) is 6.07 Å². The zero-order chi connectivity index (χ0) is 14.5. The van der Waals surface area contributed by atoms with Crippen molar-refractivity contribution in [2.24, 2.45) is 0 Å². The molecule has 1 aromatic rings. The number of hydrogen-bond acceptors (Lipinski definition) is 3. The van der Waals surface area contributed by atoms with Crippen LogP contribution in [-0.4, -0.2) is 48.2 Å². The van der Waals surface area contributed by atoms with Crippen molar-refractivity contribution in [3.8, 4) is 0 Å². The summed E-state index contributed by atoms with van der Waals surface area (Å²) in [6.45, 7) is 1.37. The van der Waals surface area contributed by atoms with Crippen molar-refractivity contribution < 1.29 is 19.4 Å². The van der Waals surface area contributed by atoms with Crippen molar-refractivity contribution in [1.29, 1.82) is 0 Å². The molecule has 20 heavy (non-hydrogen) atoms. The van der Waals surface area contributed by atoms with E-state index in [9.17, 15) is 9.59 Å². The van der Waals surface area contributed by atoms with Crippen LogP contribution in [0.15, 0.2) is 24.3 Å². The highest BCUT2D eigenvalue weighted by molar-refractivity contribution is 5.88. The summed E-state index contributed by atoms with van der Waals surface area (Å²) in [6, 6.07) is 6.49. The molecule has 2 rings (SSSR count). The van der Waals surface area contributed by atoms with Gasteiger partial charge in [0.25, 0.3) is 0 Å². The smallest absolute Gasteiger partial charge is 0.335 e. The average molecular weight is 277 g/mol. The van der Waals surface area contributed by atoms with Gasteiger partial charge in [-0.25, -0.2) is 4.79 Å². The maximum absolute atomic E-state index is 12.1. The fourth-order valence-corrected chi connectivity index (χ4v) is 2.32. The van der Waals surface area contributed by atoms with Gasteiger partial charge in [0.1, 0.15) is 0 Å². The maximum atomic E-state index is 12.1. The molecule has 1 heterocycles. The molecule has 1 fully saturated rings. The molecule has 0 saturated carbocycles. The monoisotopic (exact) mass is 277 g/mol. The van der Waals surface area contributed by atoms with Gasteiger partial charge in [0.15, 0.2) is 0 Å². The number of ether oxygens (including phenoxy) is 1. The average Bonchev–Trinajstić information content (AvgIpc) is 2.91. The lowest BCUT2D eigenvalue weighted by atomic mass is 10.1. The topological polar surface area (TPSA) is 66.8 Å². The van der Waals surface area contributed by atoms with Crippen LogP contribution in [0.2, 0.25) is 0 Å². The summed E-state index contributed by atoms with van der Waals surface area (Å²) in [7, 11) is 1.76. The normalized spacial score (nSPS) is 17.9. The molecule has 5 nitrogen and oxygen atoms in total. The number of amides is 1. The highest BCUT2D eigenvalue weighted by Gasteiger charge is 2.20. The largest absolute Gasteiger partial charge is 0.478 e. The Bertz CT molecular complexity index is 494. The molecular weight excluding hydrogens is 258 g/mol. The van der Waals surface area contributed by atoms with Gasteiger partial charge in [-0.3, -0.25) is 4.79 Å². The highest BCUT2D eigenvalue weighted by Crippen LogP contribution is 2.13. The van der Waals surface area contributed by atoms with E-state index in [1.807, 2.05) is 0 Å². The molecule has 5 heteroatoms. The Morgan fingerprint density at radius 3 is 2.90 bits per heavy atom. The molecule has 1 unspecified atom stereocenters. The number of likely N-dealkylation sites (N-methyl/N-ethyl adjacent to an activating group) is 1. The molecule has 1 aliphatic heterocycles. The quantitative estimate of drug-likeness (QED) is 0.887. The lowest BCUT2D eigenvalue weighted by Crippen LogP contribution is -2.35. The summed E-state index contributed by atoms with van der Waals surface area (Å²) in [4.78, 5) is 24.7. The number of carboxylic acids is 1. The lowest BCUT2D eigenvalue weighted by molar-refractivity contribution is -0.130. The first kappa shape index (κ1) is 14.5. The molecule has 0 bridgehead atoms. The van der Waals surface area contributed by atoms with Gasteiger partial charge >= 0.3 is 5.97 Å². The van der Waals surface area contributed by atoms with Crippen molar-refractivity contribution >= 4 is 11.9 Å². The number of benzene rings is 1. The first-order chi connectivity index (χ1) is 9.56. The van der Waals surface area contributed by atoms with Gasteiger partial charge in [-0.05, 0) is 30.5 Å². The molecular formula is C15H19NO4. The van der Waals surface area contributed by atoms with Crippen molar-refractivity contribution in [2.75, 3.05) is 20.2 Å². The molecule has 0 radical (unpaired) electrons. The van der Waals surface area contributed by atoms with E-state index in [0.29, 0.717) is 12.1 Å². The Labute approximate surface area is 118 Å². The van der Waals surface area contributed by atoms with Crippen LogP contribution in [0.4, 0.5) is 0 Å². The Morgan fingerprint density at radius 1 is 1.45 bits per heavy atom. The zero-order valence-electron chi connectivity index (χ0n) is 11.5. The lowest BCUT2D eigenvalue weighted by Gasteiger charge is -2.20. The number of carboxylic acid groups (broad SMARTS) is 1. The second-order valence-corrected chi connectivity index (χ2v) is 5.09. The number of nitrogens with zero attached hydrogens (tertiary/aromatic N) is 1. The SMILES string of the molecule is CN(CC1CCCO1)C(=O)Cc1cccc(C(=O)O)c1. The second-order valence-electron chi connectivity index (χ2n) is 5.09. The summed E-state index contributed by atoms with van der Waals surface area (Å²) in [6.07, 6.45) is 2.39. The van der Waals surface area contributed by atoms with Gasteiger partial charge in [-0.1, -0.05) is 12.1 Å². The van der Waals surface area contributed by atoms with Crippen molar-refractivity contribution in [1.82, 2.24) is 4.90 Å². The third kappa shape index (κ3) is 3.81. The molecule has 0 aromatic heterocycles. The van der Waals surface area contributed by atoms with Crippen LogP contribution in [0.1, 0.15) is 28.8 Å². The Hall–Kier alpha value is -1.88. The van der Waals surface area contributed by atoms with E-state index in [2.05, 4.69) is 0 Å². The maximum Gasteiger partial charge on any atom is 0.335 e. The third-order valence-electron chi connectivity index (χ3n) is 3.46. The number of carbonyl (C=O) groups is 2. The van der Waals surface area contributed by atoms with Crippen molar-refractivity contribution in [2.45, 2.75) is 25.4 Å². The summed E-state index contributed by atoms with van der Waals surface area (Å²) >= 11 is 0. The molecule has 1 aliphatic rings. The minimum atomic E-state index is -0.980. The van der Waals surface area contributed by atoms with Gasteiger partial charge in [-0.2, -0.15) is 0 Å². The van der Waals surface area contributed by atoms with E-state index in [4.69, 9.17) is 9.84 Å². The third-order valence-corrected chi connectivity index (χ3v) is 3.46.